The van der Waals surface area contributed by atoms with Gasteiger partial charge in [-0.2, -0.15) is 5.10 Å². The van der Waals surface area contributed by atoms with Gasteiger partial charge in [0, 0.05) is 32.5 Å². The second-order valence-electron chi connectivity index (χ2n) is 6.73. The van der Waals surface area contributed by atoms with Gasteiger partial charge in [0.05, 0.1) is 19.6 Å². The Balaban J connectivity index is 0.00000392. The molecule has 7 nitrogen and oxygen atoms in total. The number of amides is 1. The molecule has 0 spiro atoms. The molecule has 0 aliphatic carbocycles. The predicted molar refractivity (Wildman–Crippen MR) is 124 cm³/mol. The van der Waals surface area contributed by atoms with Crippen LogP contribution in [0.15, 0.2) is 47.7 Å². The summed E-state index contributed by atoms with van der Waals surface area (Å²) < 4.78 is 1.90. The summed E-state index contributed by atoms with van der Waals surface area (Å²) in [7, 11) is 3.49. The van der Waals surface area contributed by atoms with Gasteiger partial charge < -0.3 is 15.5 Å². The quantitative estimate of drug-likeness (QED) is 0.333. The molecule has 0 bridgehead atoms. The van der Waals surface area contributed by atoms with E-state index in [0.29, 0.717) is 19.0 Å². The minimum Gasteiger partial charge on any atom is -0.354 e. The Morgan fingerprint density at radius 1 is 1.25 bits per heavy atom. The van der Waals surface area contributed by atoms with E-state index in [1.54, 1.807) is 25.2 Å². The molecule has 0 saturated carbocycles. The fourth-order valence-electron chi connectivity index (χ4n) is 2.40. The largest absolute Gasteiger partial charge is 0.354 e. The minimum absolute atomic E-state index is 0. The molecule has 0 radical (unpaired) electrons. The number of nitrogens with zero attached hydrogens (tertiary/aromatic N) is 4. The number of rotatable bonds is 8. The highest BCUT2D eigenvalue weighted by Crippen LogP contribution is 2.11. The van der Waals surface area contributed by atoms with E-state index in [2.05, 4.69) is 41.7 Å². The number of benzene rings is 1. The molecule has 8 heteroatoms. The lowest BCUT2D eigenvalue weighted by Crippen LogP contribution is -2.45. The van der Waals surface area contributed by atoms with E-state index in [4.69, 9.17) is 4.99 Å². The fourth-order valence-corrected chi connectivity index (χ4v) is 2.40. The minimum atomic E-state index is 0. The zero-order valence-electron chi connectivity index (χ0n) is 17.1. The normalized spacial score (nSPS) is 12.1. The van der Waals surface area contributed by atoms with Gasteiger partial charge in [-0.3, -0.25) is 9.48 Å². The smallest absolute Gasteiger partial charge is 0.241 e. The van der Waals surface area contributed by atoms with Crippen LogP contribution in [0, 0.1) is 0 Å². The topological polar surface area (TPSA) is 74.5 Å². The van der Waals surface area contributed by atoms with Gasteiger partial charge in [0.25, 0.3) is 0 Å². The third kappa shape index (κ3) is 7.87. The van der Waals surface area contributed by atoms with Crippen LogP contribution in [0.4, 0.5) is 0 Å². The summed E-state index contributed by atoms with van der Waals surface area (Å²) in [5, 5.41) is 10.8. The van der Waals surface area contributed by atoms with Gasteiger partial charge in [-0.15, -0.1) is 24.0 Å². The number of nitrogens with one attached hydrogen (secondary N) is 2. The second-order valence-corrected chi connectivity index (χ2v) is 6.73. The van der Waals surface area contributed by atoms with Gasteiger partial charge in [0.15, 0.2) is 5.96 Å². The molecule has 2 rings (SSSR count). The lowest BCUT2D eigenvalue weighted by Gasteiger charge is -2.18. The van der Waals surface area contributed by atoms with Crippen LogP contribution in [0.1, 0.15) is 31.4 Å². The van der Waals surface area contributed by atoms with E-state index in [-0.39, 0.29) is 42.5 Å². The van der Waals surface area contributed by atoms with Crippen molar-refractivity contribution in [3.63, 3.8) is 0 Å². The van der Waals surface area contributed by atoms with Crippen molar-refractivity contribution in [2.45, 2.75) is 39.4 Å². The number of carbonyl (C=O) groups excluding carboxylic acids is 1. The first-order valence-electron chi connectivity index (χ1n) is 9.28. The average Bonchev–Trinajstić information content (AvgIpc) is 3.17. The number of likely N-dealkylation sites (N-methyl/N-ethyl adjacent to an activating group) is 1. The van der Waals surface area contributed by atoms with E-state index >= 15 is 0 Å². The van der Waals surface area contributed by atoms with Crippen LogP contribution in [0.3, 0.4) is 0 Å². The van der Waals surface area contributed by atoms with Gasteiger partial charge in [0.2, 0.25) is 5.91 Å². The van der Waals surface area contributed by atoms with Gasteiger partial charge in [-0.05, 0) is 30.5 Å². The molecule has 1 aromatic heterocycles. The van der Waals surface area contributed by atoms with Crippen molar-refractivity contribution in [2.75, 3.05) is 20.6 Å². The molecule has 1 heterocycles. The van der Waals surface area contributed by atoms with Gasteiger partial charge in [0.1, 0.15) is 0 Å². The first kappa shape index (κ1) is 23.9. The highest BCUT2D eigenvalue weighted by molar-refractivity contribution is 14.0. The monoisotopic (exact) mass is 498 g/mol. The first-order chi connectivity index (χ1) is 13.0. The summed E-state index contributed by atoms with van der Waals surface area (Å²) in [4.78, 5) is 18.1. The molecule has 0 saturated heterocycles. The Morgan fingerprint density at radius 3 is 2.57 bits per heavy atom. The summed E-state index contributed by atoms with van der Waals surface area (Å²) in [6.07, 6.45) is 4.70. The number of aromatic nitrogens is 2. The number of halogens is 1. The highest BCUT2D eigenvalue weighted by Gasteiger charge is 2.09. The lowest BCUT2D eigenvalue weighted by atomic mass is 10.1. The Labute approximate surface area is 184 Å². The van der Waals surface area contributed by atoms with E-state index < -0.39 is 0 Å². The van der Waals surface area contributed by atoms with Crippen LogP contribution in [0.5, 0.6) is 0 Å². The van der Waals surface area contributed by atoms with Crippen molar-refractivity contribution < 1.29 is 4.79 Å². The molecule has 0 fully saturated rings. The first-order valence-corrected chi connectivity index (χ1v) is 9.28. The molecule has 1 amide bonds. The number of guanidine groups is 1. The maximum Gasteiger partial charge on any atom is 0.241 e. The van der Waals surface area contributed by atoms with Gasteiger partial charge in [-0.25, -0.2) is 4.99 Å². The Kier molecular flexibility index (Phi) is 10.6. The average molecular weight is 498 g/mol. The summed E-state index contributed by atoms with van der Waals surface area (Å²) in [5.41, 5.74) is 2.31. The van der Waals surface area contributed by atoms with Crippen molar-refractivity contribution >= 4 is 35.8 Å². The zero-order valence-corrected chi connectivity index (χ0v) is 19.4. The summed E-state index contributed by atoms with van der Waals surface area (Å²) in [5.74, 6) is 0.654. The van der Waals surface area contributed by atoms with Crippen molar-refractivity contribution in [3.05, 3.63) is 53.9 Å². The molecule has 154 valence electrons. The lowest BCUT2D eigenvalue weighted by molar-refractivity contribution is -0.127. The molecule has 2 N–H and O–H groups in total. The SMILES string of the molecule is CCC(C)NC(=NCc1ccccc1Cn1cccn1)NCC(=O)N(C)C.I. The van der Waals surface area contributed by atoms with Crippen molar-refractivity contribution in [3.8, 4) is 0 Å². The molecular formula is C20H31IN6O. The van der Waals surface area contributed by atoms with E-state index in [1.807, 2.05) is 29.1 Å². The Bertz CT molecular complexity index is 745. The van der Waals surface area contributed by atoms with Crippen LogP contribution < -0.4 is 10.6 Å². The Hall–Kier alpha value is -2.10. The van der Waals surface area contributed by atoms with Crippen LogP contribution in [0.2, 0.25) is 0 Å². The van der Waals surface area contributed by atoms with Gasteiger partial charge >= 0.3 is 0 Å². The molecule has 0 aliphatic heterocycles. The maximum absolute atomic E-state index is 11.9. The maximum atomic E-state index is 11.9. The van der Waals surface area contributed by atoms with E-state index in [1.165, 1.54) is 5.56 Å². The summed E-state index contributed by atoms with van der Waals surface area (Å²) in [6.45, 7) is 5.65. The predicted octanol–water partition coefficient (Wildman–Crippen LogP) is 2.47. The van der Waals surface area contributed by atoms with Crippen LogP contribution in [-0.4, -0.2) is 53.2 Å². The molecule has 1 aromatic carbocycles. The third-order valence-electron chi connectivity index (χ3n) is 4.32. The molecule has 28 heavy (non-hydrogen) atoms. The molecular weight excluding hydrogens is 467 g/mol. The highest BCUT2D eigenvalue weighted by atomic mass is 127. The third-order valence-corrected chi connectivity index (χ3v) is 4.32. The van der Waals surface area contributed by atoms with Crippen LogP contribution in [0.25, 0.3) is 0 Å². The van der Waals surface area contributed by atoms with Crippen molar-refractivity contribution in [1.29, 1.82) is 0 Å². The summed E-state index contributed by atoms with van der Waals surface area (Å²) in [6, 6.07) is 10.4. The van der Waals surface area contributed by atoms with Crippen LogP contribution in [-0.2, 0) is 17.9 Å². The number of hydrogen-bond acceptors (Lipinski definition) is 3. The van der Waals surface area contributed by atoms with Crippen LogP contribution >= 0.6 is 24.0 Å². The molecule has 2 aromatic rings. The molecule has 1 unspecified atom stereocenters. The van der Waals surface area contributed by atoms with E-state index in [9.17, 15) is 4.79 Å². The zero-order chi connectivity index (χ0) is 19.6. The van der Waals surface area contributed by atoms with Gasteiger partial charge in [-0.1, -0.05) is 31.2 Å². The fraction of sp³-hybridized carbons (Fsp3) is 0.450. The number of carbonyl (C=O) groups is 1. The van der Waals surface area contributed by atoms with Crippen molar-refractivity contribution in [1.82, 2.24) is 25.3 Å². The van der Waals surface area contributed by atoms with E-state index in [0.717, 1.165) is 12.0 Å². The molecule has 1 atom stereocenters. The number of hydrogen-bond donors (Lipinski definition) is 2. The molecule has 0 aliphatic rings. The van der Waals surface area contributed by atoms with Crippen molar-refractivity contribution in [2.24, 2.45) is 4.99 Å². The Morgan fingerprint density at radius 2 is 1.96 bits per heavy atom. The standard InChI is InChI=1S/C20H30N6O.HI/c1-5-16(2)24-20(22-14-19(27)25(3)4)21-13-17-9-6-7-10-18(17)15-26-12-8-11-23-26;/h6-12,16H,5,13-15H2,1-4H3,(H2,21,22,24);1H. The second kappa shape index (κ2) is 12.4. The number of aliphatic imine (C=N–C) groups is 1. The summed E-state index contributed by atoms with van der Waals surface area (Å²) >= 11 is 0.